The summed E-state index contributed by atoms with van der Waals surface area (Å²) in [6.07, 6.45) is 6.67. The number of hydrogen-bond acceptors (Lipinski definition) is 2. The molecule has 1 radical (unpaired) electrons. The Morgan fingerprint density at radius 2 is 2.43 bits per heavy atom. The van der Waals surface area contributed by atoms with Gasteiger partial charge in [0, 0.05) is 12.5 Å². The molecule has 0 aromatic heterocycles. The fourth-order valence-corrected chi connectivity index (χ4v) is 0.903. The molecule has 0 unspecified atom stereocenters. The summed E-state index contributed by atoms with van der Waals surface area (Å²) in [5.41, 5.74) is 0. The number of hydrogen-bond donors (Lipinski definition) is 0. The van der Waals surface area contributed by atoms with Crippen molar-refractivity contribution < 1.29 is 14.6 Å². The SMILES string of the molecule is C=CC(=O)OCCC.[O]C1=CCCC1. The van der Waals surface area contributed by atoms with Gasteiger partial charge in [0.2, 0.25) is 0 Å². The molecule has 0 spiro atoms. The van der Waals surface area contributed by atoms with Gasteiger partial charge in [0.1, 0.15) is 0 Å². The minimum atomic E-state index is -0.341. The monoisotopic (exact) mass is 197 g/mol. The van der Waals surface area contributed by atoms with Crippen LogP contribution in [0.15, 0.2) is 24.5 Å². The van der Waals surface area contributed by atoms with Crippen molar-refractivity contribution in [2.45, 2.75) is 32.6 Å². The van der Waals surface area contributed by atoms with Crippen molar-refractivity contribution in [2.75, 3.05) is 6.61 Å². The minimum absolute atomic E-state index is 0.329. The van der Waals surface area contributed by atoms with E-state index >= 15 is 0 Å². The van der Waals surface area contributed by atoms with E-state index in [1.54, 1.807) is 6.08 Å². The fourth-order valence-electron chi connectivity index (χ4n) is 0.903. The molecular formula is C11H17O3. The van der Waals surface area contributed by atoms with Crippen molar-refractivity contribution in [3.63, 3.8) is 0 Å². The molecule has 1 aliphatic rings. The minimum Gasteiger partial charge on any atom is -0.463 e. The Bertz CT molecular complexity index is 207. The van der Waals surface area contributed by atoms with Gasteiger partial charge in [-0.15, -0.1) is 0 Å². The van der Waals surface area contributed by atoms with E-state index in [1.807, 2.05) is 6.92 Å². The van der Waals surface area contributed by atoms with E-state index in [2.05, 4.69) is 11.3 Å². The predicted molar refractivity (Wildman–Crippen MR) is 54.1 cm³/mol. The Morgan fingerprint density at radius 1 is 1.71 bits per heavy atom. The standard InChI is InChI=1S/C6H10O2.C5H7O/c1-3-5-8-6(7)4-2;6-5-3-1-2-4-5/h4H,2-3,5H2,1H3;3H,1-2,4H2. The second-order valence-corrected chi connectivity index (χ2v) is 2.93. The van der Waals surface area contributed by atoms with E-state index in [4.69, 9.17) is 0 Å². The Hall–Kier alpha value is -1.25. The maximum atomic E-state index is 10.2. The maximum Gasteiger partial charge on any atom is 0.330 e. The van der Waals surface area contributed by atoms with Crippen molar-refractivity contribution in [3.8, 4) is 0 Å². The van der Waals surface area contributed by atoms with Crippen LogP contribution >= 0.6 is 0 Å². The molecule has 0 saturated carbocycles. The van der Waals surface area contributed by atoms with Gasteiger partial charge in [0.05, 0.1) is 6.61 Å². The fraction of sp³-hybridized carbons (Fsp3) is 0.545. The van der Waals surface area contributed by atoms with Crippen molar-refractivity contribution in [1.29, 1.82) is 0 Å². The zero-order valence-electron chi connectivity index (χ0n) is 8.62. The van der Waals surface area contributed by atoms with E-state index in [-0.39, 0.29) is 5.97 Å². The molecule has 1 aliphatic carbocycles. The molecule has 0 bridgehead atoms. The number of carbonyl (C=O) groups is 1. The molecule has 0 heterocycles. The highest BCUT2D eigenvalue weighted by atomic mass is 16.5. The summed E-state index contributed by atoms with van der Waals surface area (Å²) in [7, 11) is 0. The average molecular weight is 197 g/mol. The van der Waals surface area contributed by atoms with E-state index in [1.165, 1.54) is 0 Å². The van der Waals surface area contributed by atoms with Gasteiger partial charge in [-0.3, -0.25) is 5.11 Å². The summed E-state index contributed by atoms with van der Waals surface area (Å²) in [5, 5.41) is 10.2. The van der Waals surface area contributed by atoms with Crippen molar-refractivity contribution in [2.24, 2.45) is 0 Å². The summed E-state index contributed by atoms with van der Waals surface area (Å²) in [6, 6.07) is 0. The second kappa shape index (κ2) is 8.35. The number of ether oxygens (including phenoxy) is 1. The Labute approximate surface area is 85.1 Å². The van der Waals surface area contributed by atoms with Crippen molar-refractivity contribution in [3.05, 3.63) is 24.5 Å². The highest BCUT2D eigenvalue weighted by Crippen LogP contribution is 2.13. The van der Waals surface area contributed by atoms with Crippen LogP contribution in [-0.2, 0) is 14.6 Å². The molecule has 3 heteroatoms. The van der Waals surface area contributed by atoms with Gasteiger partial charge in [-0.25, -0.2) is 4.79 Å². The lowest BCUT2D eigenvalue weighted by Crippen LogP contribution is -1.99. The van der Waals surface area contributed by atoms with E-state index < -0.39 is 0 Å². The van der Waals surface area contributed by atoms with Crippen LogP contribution in [0.3, 0.4) is 0 Å². The van der Waals surface area contributed by atoms with Crippen LogP contribution in [0.5, 0.6) is 0 Å². The summed E-state index contributed by atoms with van der Waals surface area (Å²) in [4.78, 5) is 10.2. The molecule has 0 aliphatic heterocycles. The van der Waals surface area contributed by atoms with Crippen LogP contribution in [-0.4, -0.2) is 12.6 Å². The van der Waals surface area contributed by atoms with Gasteiger partial charge in [-0.2, -0.15) is 0 Å². The third kappa shape index (κ3) is 7.40. The average Bonchev–Trinajstić information content (AvgIpc) is 2.66. The van der Waals surface area contributed by atoms with E-state index in [0.717, 1.165) is 31.8 Å². The third-order valence-electron chi connectivity index (χ3n) is 1.61. The van der Waals surface area contributed by atoms with Gasteiger partial charge in [0.15, 0.2) is 5.76 Å². The summed E-state index contributed by atoms with van der Waals surface area (Å²) in [5.74, 6) is -0.0122. The molecule has 14 heavy (non-hydrogen) atoms. The van der Waals surface area contributed by atoms with Crippen LogP contribution in [0.4, 0.5) is 0 Å². The highest BCUT2D eigenvalue weighted by Gasteiger charge is 2.00. The lowest BCUT2D eigenvalue weighted by atomic mass is 10.4. The number of carbonyl (C=O) groups excluding carboxylic acids is 1. The molecular weight excluding hydrogens is 180 g/mol. The molecule has 0 atom stereocenters. The second-order valence-electron chi connectivity index (χ2n) is 2.93. The van der Waals surface area contributed by atoms with Crippen LogP contribution < -0.4 is 0 Å². The number of allylic oxidation sites excluding steroid dienone is 2. The van der Waals surface area contributed by atoms with Crippen LogP contribution in [0.1, 0.15) is 32.6 Å². The first-order valence-electron chi connectivity index (χ1n) is 4.86. The van der Waals surface area contributed by atoms with Gasteiger partial charge < -0.3 is 4.74 Å². The molecule has 79 valence electrons. The summed E-state index contributed by atoms with van der Waals surface area (Å²) in [6.45, 7) is 5.67. The first-order valence-corrected chi connectivity index (χ1v) is 4.86. The molecule has 1 rings (SSSR count). The number of esters is 1. The predicted octanol–water partition coefficient (Wildman–Crippen LogP) is 2.61. The Kier molecular flexibility index (Phi) is 7.61. The summed E-state index contributed by atoms with van der Waals surface area (Å²) >= 11 is 0. The molecule has 0 fully saturated rings. The van der Waals surface area contributed by atoms with Crippen molar-refractivity contribution >= 4 is 5.97 Å². The number of rotatable bonds is 3. The van der Waals surface area contributed by atoms with Gasteiger partial charge in [-0.1, -0.05) is 13.5 Å². The topological polar surface area (TPSA) is 46.2 Å². The quantitative estimate of drug-likeness (QED) is 0.515. The molecule has 0 amide bonds. The van der Waals surface area contributed by atoms with E-state index in [0.29, 0.717) is 12.4 Å². The first kappa shape index (κ1) is 12.8. The van der Waals surface area contributed by atoms with E-state index in [9.17, 15) is 9.90 Å². The Morgan fingerprint density at radius 3 is 2.71 bits per heavy atom. The maximum absolute atomic E-state index is 10.2. The van der Waals surface area contributed by atoms with Gasteiger partial charge >= 0.3 is 5.97 Å². The molecule has 3 nitrogen and oxygen atoms in total. The van der Waals surface area contributed by atoms with Crippen LogP contribution in [0, 0.1) is 0 Å². The molecule has 0 saturated heterocycles. The Balaban J connectivity index is 0.000000249. The smallest absolute Gasteiger partial charge is 0.330 e. The van der Waals surface area contributed by atoms with Crippen LogP contribution in [0.2, 0.25) is 0 Å². The van der Waals surface area contributed by atoms with Crippen molar-refractivity contribution in [1.82, 2.24) is 0 Å². The summed E-state index contributed by atoms with van der Waals surface area (Å²) < 4.78 is 4.58. The molecule has 0 aromatic rings. The largest absolute Gasteiger partial charge is 0.463 e. The lowest BCUT2D eigenvalue weighted by Gasteiger charge is -1.94. The lowest BCUT2D eigenvalue weighted by molar-refractivity contribution is -0.137. The van der Waals surface area contributed by atoms with Gasteiger partial charge in [0.25, 0.3) is 0 Å². The zero-order valence-corrected chi connectivity index (χ0v) is 8.62. The first-order chi connectivity index (χ1) is 6.70. The zero-order chi connectivity index (χ0) is 10.8. The molecule has 0 N–H and O–H groups in total. The third-order valence-corrected chi connectivity index (χ3v) is 1.61. The van der Waals surface area contributed by atoms with Crippen LogP contribution in [0.25, 0.3) is 0 Å². The van der Waals surface area contributed by atoms with Gasteiger partial charge in [-0.05, 0) is 25.3 Å². The highest BCUT2D eigenvalue weighted by molar-refractivity contribution is 5.81. The molecule has 0 aromatic carbocycles. The normalized spacial score (nSPS) is 13.6.